The molecule has 0 atom stereocenters. The van der Waals surface area contributed by atoms with Crippen LogP contribution in [-0.2, 0) is 5.41 Å². The van der Waals surface area contributed by atoms with Crippen LogP contribution < -0.4 is 4.90 Å². The van der Waals surface area contributed by atoms with E-state index in [1.165, 1.54) is 54.9 Å². The zero-order chi connectivity index (χ0) is 33.1. The van der Waals surface area contributed by atoms with Crippen LogP contribution in [0, 0.1) is 0 Å². The molecular formula is C46H37N3. The standard InChI is InChI=1S/C46H37N3/c1-46(2,3)32-23-26-43-39(29-32)41-31-37(25-28-45(41)49(43)35-19-11-6-12-20-35)47(33-15-7-4-8-16-33)36-24-27-44-40(30-36)38-21-13-14-22-42(38)48(44)34-17-9-5-10-18-34/h4-31H,1-3H3. The van der Waals surface area contributed by atoms with Gasteiger partial charge in [0.05, 0.1) is 22.1 Å². The van der Waals surface area contributed by atoms with E-state index >= 15 is 0 Å². The van der Waals surface area contributed by atoms with Crippen LogP contribution in [0.2, 0.25) is 0 Å². The second-order valence-electron chi connectivity index (χ2n) is 13.9. The zero-order valence-electron chi connectivity index (χ0n) is 28.0. The molecular weight excluding hydrogens is 595 g/mol. The minimum absolute atomic E-state index is 0.0391. The van der Waals surface area contributed by atoms with E-state index in [0.29, 0.717) is 0 Å². The Hall–Kier alpha value is -6.06. The molecule has 9 rings (SSSR count). The van der Waals surface area contributed by atoms with E-state index in [4.69, 9.17) is 0 Å². The Bertz CT molecular complexity index is 2620. The molecule has 0 aliphatic heterocycles. The molecule has 236 valence electrons. The summed E-state index contributed by atoms with van der Waals surface area (Å²) in [5, 5.41) is 4.98. The summed E-state index contributed by atoms with van der Waals surface area (Å²) in [6, 6.07) is 61.7. The van der Waals surface area contributed by atoms with E-state index in [-0.39, 0.29) is 5.41 Å². The first-order chi connectivity index (χ1) is 24.0. The van der Waals surface area contributed by atoms with Gasteiger partial charge >= 0.3 is 0 Å². The van der Waals surface area contributed by atoms with Gasteiger partial charge in [-0.25, -0.2) is 0 Å². The van der Waals surface area contributed by atoms with Gasteiger partial charge in [0.25, 0.3) is 0 Å². The van der Waals surface area contributed by atoms with Crippen LogP contribution in [0.5, 0.6) is 0 Å². The van der Waals surface area contributed by atoms with Gasteiger partial charge < -0.3 is 14.0 Å². The first-order valence-electron chi connectivity index (χ1n) is 17.0. The van der Waals surface area contributed by atoms with Gasteiger partial charge in [0.15, 0.2) is 0 Å². The molecule has 3 nitrogen and oxygen atoms in total. The van der Waals surface area contributed by atoms with Crippen LogP contribution in [0.15, 0.2) is 170 Å². The third-order valence-electron chi connectivity index (χ3n) is 9.83. The highest BCUT2D eigenvalue weighted by Crippen LogP contribution is 2.42. The highest BCUT2D eigenvalue weighted by molar-refractivity contribution is 6.12. The van der Waals surface area contributed by atoms with Gasteiger partial charge in [0, 0.05) is 50.0 Å². The van der Waals surface area contributed by atoms with Gasteiger partial charge in [-0.05, 0) is 102 Å². The maximum Gasteiger partial charge on any atom is 0.0542 e. The fourth-order valence-corrected chi connectivity index (χ4v) is 7.45. The van der Waals surface area contributed by atoms with Crippen molar-refractivity contribution >= 4 is 60.7 Å². The Morgan fingerprint density at radius 2 is 0.796 bits per heavy atom. The monoisotopic (exact) mass is 631 g/mol. The van der Waals surface area contributed by atoms with Crippen LogP contribution in [0.4, 0.5) is 17.1 Å². The number of hydrogen-bond donors (Lipinski definition) is 0. The molecule has 9 aromatic rings. The summed E-state index contributed by atoms with van der Waals surface area (Å²) in [6.07, 6.45) is 0. The number of nitrogens with zero attached hydrogens (tertiary/aromatic N) is 3. The topological polar surface area (TPSA) is 13.1 Å². The Morgan fingerprint density at radius 3 is 1.35 bits per heavy atom. The van der Waals surface area contributed by atoms with Crippen molar-refractivity contribution in [2.45, 2.75) is 26.2 Å². The highest BCUT2D eigenvalue weighted by Gasteiger charge is 2.21. The summed E-state index contributed by atoms with van der Waals surface area (Å²) in [4.78, 5) is 2.40. The van der Waals surface area contributed by atoms with E-state index in [0.717, 1.165) is 22.7 Å². The molecule has 0 aliphatic rings. The molecule has 0 fully saturated rings. The van der Waals surface area contributed by atoms with Crippen LogP contribution in [-0.4, -0.2) is 9.13 Å². The average Bonchev–Trinajstić information content (AvgIpc) is 3.64. The van der Waals surface area contributed by atoms with Gasteiger partial charge in [-0.3, -0.25) is 0 Å². The molecule has 0 saturated heterocycles. The SMILES string of the molecule is CC(C)(C)c1ccc2c(c1)c1cc(N(c3ccccc3)c3ccc4c(c3)c3ccccc3n4-c3ccccc3)ccc1n2-c1ccccc1. The van der Waals surface area contributed by atoms with E-state index in [1.807, 2.05) is 0 Å². The van der Waals surface area contributed by atoms with Crippen molar-refractivity contribution in [3.63, 3.8) is 0 Å². The maximum atomic E-state index is 2.40. The van der Waals surface area contributed by atoms with Gasteiger partial charge in [-0.15, -0.1) is 0 Å². The largest absolute Gasteiger partial charge is 0.310 e. The second kappa shape index (κ2) is 11.3. The first kappa shape index (κ1) is 29.1. The third-order valence-corrected chi connectivity index (χ3v) is 9.83. The smallest absolute Gasteiger partial charge is 0.0542 e. The molecule has 7 aromatic carbocycles. The molecule has 2 aromatic heterocycles. The van der Waals surface area contributed by atoms with Crippen molar-refractivity contribution in [3.05, 3.63) is 175 Å². The number of hydrogen-bond acceptors (Lipinski definition) is 1. The Kier molecular flexibility index (Phi) is 6.70. The molecule has 0 N–H and O–H groups in total. The van der Waals surface area contributed by atoms with Crippen molar-refractivity contribution < 1.29 is 0 Å². The Balaban J connectivity index is 1.30. The lowest BCUT2D eigenvalue weighted by Gasteiger charge is -2.26. The molecule has 3 heteroatoms. The zero-order valence-corrected chi connectivity index (χ0v) is 28.0. The fourth-order valence-electron chi connectivity index (χ4n) is 7.45. The van der Waals surface area contributed by atoms with Gasteiger partial charge in [0.1, 0.15) is 0 Å². The molecule has 49 heavy (non-hydrogen) atoms. The highest BCUT2D eigenvalue weighted by atomic mass is 15.1. The molecule has 0 spiro atoms. The minimum atomic E-state index is 0.0391. The molecule has 0 saturated carbocycles. The number of benzene rings is 7. The fraction of sp³-hybridized carbons (Fsp3) is 0.0870. The van der Waals surface area contributed by atoms with Crippen molar-refractivity contribution in [2.75, 3.05) is 4.90 Å². The number of rotatable bonds is 5. The predicted molar refractivity (Wildman–Crippen MR) is 209 cm³/mol. The maximum absolute atomic E-state index is 2.40. The number of anilines is 3. The van der Waals surface area contributed by atoms with Crippen LogP contribution in [0.3, 0.4) is 0 Å². The number of aromatic nitrogens is 2. The van der Waals surface area contributed by atoms with E-state index in [9.17, 15) is 0 Å². The number of para-hydroxylation sites is 4. The van der Waals surface area contributed by atoms with Crippen LogP contribution >= 0.6 is 0 Å². The van der Waals surface area contributed by atoms with E-state index < -0.39 is 0 Å². The summed E-state index contributed by atoms with van der Waals surface area (Å²) in [5.74, 6) is 0. The summed E-state index contributed by atoms with van der Waals surface area (Å²) >= 11 is 0. The summed E-state index contributed by atoms with van der Waals surface area (Å²) in [7, 11) is 0. The molecule has 0 unspecified atom stereocenters. The third kappa shape index (κ3) is 4.81. The lowest BCUT2D eigenvalue weighted by atomic mass is 9.86. The Morgan fingerprint density at radius 1 is 0.367 bits per heavy atom. The molecule has 0 bridgehead atoms. The summed E-state index contributed by atoms with van der Waals surface area (Å²) < 4.78 is 4.77. The van der Waals surface area contributed by atoms with E-state index in [2.05, 4.69) is 205 Å². The van der Waals surface area contributed by atoms with Crippen molar-refractivity contribution in [3.8, 4) is 11.4 Å². The molecule has 0 aliphatic carbocycles. The van der Waals surface area contributed by atoms with Crippen LogP contribution in [0.25, 0.3) is 55.0 Å². The minimum Gasteiger partial charge on any atom is -0.310 e. The van der Waals surface area contributed by atoms with Gasteiger partial charge in [-0.1, -0.05) is 99.6 Å². The van der Waals surface area contributed by atoms with Crippen molar-refractivity contribution in [1.82, 2.24) is 9.13 Å². The van der Waals surface area contributed by atoms with Crippen molar-refractivity contribution in [2.24, 2.45) is 0 Å². The van der Waals surface area contributed by atoms with Crippen molar-refractivity contribution in [1.29, 1.82) is 0 Å². The lowest BCUT2D eigenvalue weighted by molar-refractivity contribution is 0.591. The predicted octanol–water partition coefficient (Wildman–Crippen LogP) is 12.6. The first-order valence-corrected chi connectivity index (χ1v) is 17.0. The lowest BCUT2D eigenvalue weighted by Crippen LogP contribution is -2.10. The summed E-state index contributed by atoms with van der Waals surface area (Å²) in [6.45, 7) is 6.87. The molecule has 0 amide bonds. The quantitative estimate of drug-likeness (QED) is 0.184. The average molecular weight is 632 g/mol. The van der Waals surface area contributed by atoms with E-state index in [1.54, 1.807) is 0 Å². The van der Waals surface area contributed by atoms with Crippen LogP contribution in [0.1, 0.15) is 26.3 Å². The molecule has 2 heterocycles. The van der Waals surface area contributed by atoms with Gasteiger partial charge in [0.2, 0.25) is 0 Å². The molecule has 0 radical (unpaired) electrons. The second-order valence-corrected chi connectivity index (χ2v) is 13.9. The Labute approximate surface area is 286 Å². The normalized spacial score (nSPS) is 12.0. The van der Waals surface area contributed by atoms with Gasteiger partial charge in [-0.2, -0.15) is 0 Å². The number of fused-ring (bicyclic) bond motifs is 6. The summed E-state index contributed by atoms with van der Waals surface area (Å²) in [5.41, 5.74) is 11.9.